The van der Waals surface area contributed by atoms with Crippen LogP contribution in [0.2, 0.25) is 0 Å². The molecule has 0 aliphatic carbocycles. The maximum absolute atomic E-state index is 13.8. The number of para-hydroxylation sites is 3. The SMILES string of the molecule is CCCc1cc(Oc2ccc3c4ccccc4n(-c4cc(C(C)C)ccn4)c3c2)cc(N2CN(c3ccc(F)cc3)c3ccccc32)c1. The first kappa shape index (κ1) is 29.8. The van der Waals surface area contributed by atoms with Gasteiger partial charge in [0.15, 0.2) is 0 Å². The monoisotopic (exact) mass is 632 g/mol. The molecule has 0 amide bonds. The van der Waals surface area contributed by atoms with Gasteiger partial charge in [-0.25, -0.2) is 9.37 Å². The highest BCUT2D eigenvalue weighted by Gasteiger charge is 2.28. The lowest BCUT2D eigenvalue weighted by molar-refractivity contribution is 0.482. The first-order chi connectivity index (χ1) is 23.5. The highest BCUT2D eigenvalue weighted by atomic mass is 19.1. The van der Waals surface area contributed by atoms with Crippen LogP contribution in [0.1, 0.15) is 44.2 Å². The number of fused-ring (bicyclic) bond motifs is 4. The molecule has 0 atom stereocenters. The summed E-state index contributed by atoms with van der Waals surface area (Å²) in [6, 6.07) is 40.7. The number of ether oxygens (including phenoxy) is 1. The van der Waals surface area contributed by atoms with Gasteiger partial charge in [0.25, 0.3) is 0 Å². The average molecular weight is 633 g/mol. The van der Waals surface area contributed by atoms with E-state index < -0.39 is 0 Å². The summed E-state index contributed by atoms with van der Waals surface area (Å²) in [5.41, 5.74) is 8.82. The Hall–Kier alpha value is -5.62. The molecule has 0 saturated heterocycles. The fourth-order valence-corrected chi connectivity index (χ4v) is 6.88. The predicted octanol–water partition coefficient (Wildman–Crippen LogP) is 11.4. The van der Waals surface area contributed by atoms with Crippen LogP contribution in [0.4, 0.5) is 27.1 Å². The quantitative estimate of drug-likeness (QED) is 0.167. The molecule has 0 bridgehead atoms. The summed E-state index contributed by atoms with van der Waals surface area (Å²) in [5.74, 6) is 2.61. The largest absolute Gasteiger partial charge is 0.457 e. The van der Waals surface area contributed by atoms with Crippen molar-refractivity contribution < 1.29 is 9.13 Å². The maximum atomic E-state index is 13.8. The van der Waals surface area contributed by atoms with E-state index in [4.69, 9.17) is 9.72 Å². The van der Waals surface area contributed by atoms with Gasteiger partial charge in [-0.15, -0.1) is 0 Å². The summed E-state index contributed by atoms with van der Waals surface area (Å²) >= 11 is 0. The molecule has 5 aromatic carbocycles. The van der Waals surface area contributed by atoms with E-state index in [1.807, 2.05) is 24.4 Å². The summed E-state index contributed by atoms with van der Waals surface area (Å²) in [7, 11) is 0. The van der Waals surface area contributed by atoms with E-state index in [-0.39, 0.29) is 5.82 Å². The fourth-order valence-electron chi connectivity index (χ4n) is 6.88. The molecule has 48 heavy (non-hydrogen) atoms. The van der Waals surface area contributed by atoms with Crippen LogP contribution in [-0.4, -0.2) is 16.2 Å². The summed E-state index contributed by atoms with van der Waals surface area (Å²) in [5, 5.41) is 2.34. The zero-order chi connectivity index (χ0) is 32.8. The molecular weight excluding hydrogens is 595 g/mol. The molecule has 3 heterocycles. The van der Waals surface area contributed by atoms with Crippen molar-refractivity contribution >= 4 is 44.6 Å². The van der Waals surface area contributed by atoms with Gasteiger partial charge in [-0.2, -0.15) is 0 Å². The molecule has 0 unspecified atom stereocenters. The third-order valence-corrected chi connectivity index (χ3v) is 9.23. The number of hydrogen-bond donors (Lipinski definition) is 0. The summed E-state index contributed by atoms with van der Waals surface area (Å²) < 4.78 is 22.8. The second kappa shape index (κ2) is 12.2. The van der Waals surface area contributed by atoms with Crippen molar-refractivity contribution in [3.8, 4) is 17.3 Å². The van der Waals surface area contributed by atoms with Crippen LogP contribution in [-0.2, 0) is 6.42 Å². The van der Waals surface area contributed by atoms with Crippen LogP contribution in [0.25, 0.3) is 27.6 Å². The fraction of sp³-hybridized carbons (Fsp3) is 0.167. The van der Waals surface area contributed by atoms with Gasteiger partial charge in [0, 0.05) is 40.5 Å². The Bertz CT molecular complexity index is 2270. The number of hydrogen-bond acceptors (Lipinski definition) is 4. The zero-order valence-electron chi connectivity index (χ0n) is 27.4. The van der Waals surface area contributed by atoms with Crippen LogP contribution >= 0.6 is 0 Å². The highest BCUT2D eigenvalue weighted by molar-refractivity contribution is 6.09. The lowest BCUT2D eigenvalue weighted by Crippen LogP contribution is -2.24. The van der Waals surface area contributed by atoms with Crippen molar-refractivity contribution in [3.63, 3.8) is 0 Å². The Labute approximate surface area is 280 Å². The number of halogens is 1. The van der Waals surface area contributed by atoms with Gasteiger partial charge in [-0.3, -0.25) is 4.57 Å². The number of rotatable bonds is 8. The first-order valence-electron chi connectivity index (χ1n) is 16.7. The van der Waals surface area contributed by atoms with Crippen LogP contribution in [0, 0.1) is 5.82 Å². The summed E-state index contributed by atoms with van der Waals surface area (Å²) in [6.45, 7) is 7.22. The normalized spacial score (nSPS) is 12.8. The number of anilines is 4. The molecule has 6 heteroatoms. The van der Waals surface area contributed by atoms with E-state index in [0.29, 0.717) is 12.6 Å². The van der Waals surface area contributed by atoms with Crippen molar-refractivity contribution in [3.05, 3.63) is 144 Å². The molecule has 1 aliphatic rings. The van der Waals surface area contributed by atoms with E-state index in [9.17, 15) is 4.39 Å². The Morgan fingerprint density at radius 2 is 1.44 bits per heavy atom. The van der Waals surface area contributed by atoms with Gasteiger partial charge in [0.2, 0.25) is 0 Å². The van der Waals surface area contributed by atoms with Crippen molar-refractivity contribution in [2.45, 2.75) is 39.5 Å². The Morgan fingerprint density at radius 3 is 2.21 bits per heavy atom. The van der Waals surface area contributed by atoms with Gasteiger partial charge in [-0.1, -0.05) is 57.5 Å². The molecule has 238 valence electrons. The van der Waals surface area contributed by atoms with Crippen LogP contribution in [0.15, 0.2) is 128 Å². The Morgan fingerprint density at radius 1 is 0.708 bits per heavy atom. The van der Waals surface area contributed by atoms with E-state index in [2.05, 4.69) is 126 Å². The van der Waals surface area contributed by atoms with Crippen molar-refractivity contribution in [1.29, 1.82) is 0 Å². The minimum absolute atomic E-state index is 0.240. The second-order valence-corrected chi connectivity index (χ2v) is 12.8. The predicted molar refractivity (Wildman–Crippen MR) is 195 cm³/mol. The van der Waals surface area contributed by atoms with Gasteiger partial charge >= 0.3 is 0 Å². The molecule has 7 aromatic rings. The minimum atomic E-state index is -0.240. The summed E-state index contributed by atoms with van der Waals surface area (Å²) in [6.07, 6.45) is 3.86. The van der Waals surface area contributed by atoms with E-state index >= 15 is 0 Å². The van der Waals surface area contributed by atoms with Crippen molar-refractivity contribution in [2.75, 3.05) is 16.5 Å². The summed E-state index contributed by atoms with van der Waals surface area (Å²) in [4.78, 5) is 9.33. The van der Waals surface area contributed by atoms with Gasteiger partial charge in [0.05, 0.1) is 22.4 Å². The molecule has 0 saturated carbocycles. The van der Waals surface area contributed by atoms with E-state index in [0.717, 1.165) is 69.3 Å². The Kier molecular flexibility index (Phi) is 7.56. The standard InChI is InChI=1S/C42H37FN4O/c1-4-9-29-22-33(46-27-45(32-16-14-31(43)15-17-32)39-12-7-8-13-40(39)46)25-35(23-29)48-34-18-19-37-36-10-5-6-11-38(36)47(41(37)26-34)42-24-30(28(2)3)20-21-44-42/h5-8,10-26,28H,4,9,27H2,1-3H3. The zero-order valence-corrected chi connectivity index (χ0v) is 27.4. The first-order valence-corrected chi connectivity index (χ1v) is 16.7. The molecule has 1 aliphatic heterocycles. The number of aromatic nitrogens is 2. The average Bonchev–Trinajstić information content (AvgIpc) is 3.65. The van der Waals surface area contributed by atoms with Gasteiger partial charge < -0.3 is 14.5 Å². The highest BCUT2D eigenvalue weighted by Crippen LogP contribution is 2.45. The van der Waals surface area contributed by atoms with E-state index in [1.165, 1.54) is 28.6 Å². The van der Waals surface area contributed by atoms with Crippen LogP contribution < -0.4 is 14.5 Å². The molecule has 0 fully saturated rings. The number of benzene rings is 5. The molecule has 0 N–H and O–H groups in total. The lowest BCUT2D eigenvalue weighted by atomic mass is 10.1. The van der Waals surface area contributed by atoms with Crippen molar-refractivity contribution in [2.24, 2.45) is 0 Å². The maximum Gasteiger partial charge on any atom is 0.137 e. The van der Waals surface area contributed by atoms with E-state index in [1.54, 1.807) is 0 Å². The molecule has 0 radical (unpaired) electrons. The van der Waals surface area contributed by atoms with Crippen LogP contribution in [0.3, 0.4) is 0 Å². The minimum Gasteiger partial charge on any atom is -0.457 e. The molecular formula is C42H37FN4O. The third kappa shape index (κ3) is 5.33. The third-order valence-electron chi connectivity index (χ3n) is 9.23. The number of nitrogens with zero attached hydrogens (tertiary/aromatic N) is 4. The van der Waals surface area contributed by atoms with Gasteiger partial charge in [0.1, 0.15) is 29.8 Å². The lowest BCUT2D eigenvalue weighted by Gasteiger charge is -2.23. The number of aryl methyl sites for hydroxylation is 1. The molecule has 8 rings (SSSR count). The second-order valence-electron chi connectivity index (χ2n) is 12.8. The molecule has 2 aromatic heterocycles. The van der Waals surface area contributed by atoms with Gasteiger partial charge in [-0.05, 0) is 102 Å². The van der Waals surface area contributed by atoms with Crippen LogP contribution in [0.5, 0.6) is 11.5 Å². The number of pyridine rings is 1. The molecule has 0 spiro atoms. The van der Waals surface area contributed by atoms with Crippen molar-refractivity contribution in [1.82, 2.24) is 9.55 Å². The molecule has 5 nitrogen and oxygen atoms in total. The topological polar surface area (TPSA) is 33.5 Å². The Balaban J connectivity index is 1.20. The smallest absolute Gasteiger partial charge is 0.137 e.